The van der Waals surface area contributed by atoms with Crippen molar-refractivity contribution in [1.82, 2.24) is 4.90 Å². The van der Waals surface area contributed by atoms with Gasteiger partial charge in [0.15, 0.2) is 0 Å². The molecular weight excluding hydrogens is 467 g/mol. The van der Waals surface area contributed by atoms with Gasteiger partial charge in [-0.05, 0) is 62.3 Å². The highest BCUT2D eigenvalue weighted by Crippen LogP contribution is 2.29. The Morgan fingerprint density at radius 3 is 2.27 bits per heavy atom. The number of hydrogen-bond donors (Lipinski definition) is 3. The van der Waals surface area contributed by atoms with E-state index in [0.717, 1.165) is 0 Å². The fraction of sp³-hybridized carbons (Fsp3) is 0.348. The topological polar surface area (TPSA) is 99.8 Å². The summed E-state index contributed by atoms with van der Waals surface area (Å²) in [5.74, 6) is -0.153. The van der Waals surface area contributed by atoms with Crippen LogP contribution >= 0.6 is 23.2 Å². The van der Waals surface area contributed by atoms with E-state index in [1.54, 1.807) is 36.4 Å². The molecule has 1 saturated heterocycles. The van der Waals surface area contributed by atoms with Crippen molar-refractivity contribution >= 4 is 58.0 Å². The number of nitrogens with one attached hydrogen (secondary N) is 3. The predicted molar refractivity (Wildman–Crippen MR) is 130 cm³/mol. The Labute approximate surface area is 202 Å². The molecule has 0 radical (unpaired) electrons. The summed E-state index contributed by atoms with van der Waals surface area (Å²) in [7, 11) is 1.52. The van der Waals surface area contributed by atoms with Crippen molar-refractivity contribution in [3.05, 3.63) is 46.4 Å². The summed E-state index contributed by atoms with van der Waals surface area (Å²) < 4.78 is 5.32. The first kappa shape index (κ1) is 24.8. The number of methoxy groups -OCH3 is 1. The fourth-order valence-corrected chi connectivity index (χ4v) is 3.95. The maximum atomic E-state index is 12.8. The van der Waals surface area contributed by atoms with Crippen LogP contribution in [0.3, 0.4) is 0 Å². The number of halogens is 2. The summed E-state index contributed by atoms with van der Waals surface area (Å²) in [4.78, 5) is 38.5. The van der Waals surface area contributed by atoms with Crippen LogP contribution in [0.25, 0.3) is 0 Å². The summed E-state index contributed by atoms with van der Waals surface area (Å²) >= 11 is 11.9. The molecule has 10 heteroatoms. The molecule has 3 N–H and O–H groups in total. The average molecular weight is 493 g/mol. The lowest BCUT2D eigenvalue weighted by Gasteiger charge is -2.30. The van der Waals surface area contributed by atoms with Gasteiger partial charge < -0.3 is 20.7 Å². The summed E-state index contributed by atoms with van der Waals surface area (Å²) in [5.41, 5.74) is 1.65. The molecule has 33 heavy (non-hydrogen) atoms. The van der Waals surface area contributed by atoms with Gasteiger partial charge in [-0.25, -0.2) is 0 Å². The first-order valence-corrected chi connectivity index (χ1v) is 11.2. The van der Waals surface area contributed by atoms with Gasteiger partial charge in [-0.2, -0.15) is 0 Å². The standard InChI is InChI=1S/C23H26Cl2N4O4/c1-14(30)26-17-4-6-21(33-2)20(12-17)28-23(32)15-7-9-29(10-8-15)13-22(31)27-16-3-5-18(24)19(25)11-16/h3-6,11-12,15H,7-10,13H2,1-2H3,(H,26,30)(H,27,31)(H,28,32). The van der Waals surface area contributed by atoms with E-state index in [-0.39, 0.29) is 30.2 Å². The molecule has 1 aliphatic rings. The Morgan fingerprint density at radius 2 is 1.64 bits per heavy atom. The van der Waals surface area contributed by atoms with Crippen LogP contribution in [-0.4, -0.2) is 49.4 Å². The summed E-state index contributed by atoms with van der Waals surface area (Å²) in [6.07, 6.45) is 1.25. The molecule has 0 atom stereocenters. The predicted octanol–water partition coefficient (Wildman–Crippen LogP) is 4.25. The fourth-order valence-electron chi connectivity index (χ4n) is 3.65. The van der Waals surface area contributed by atoms with Crippen molar-refractivity contribution in [2.45, 2.75) is 19.8 Å². The van der Waals surface area contributed by atoms with Crippen LogP contribution in [-0.2, 0) is 14.4 Å². The third-order valence-electron chi connectivity index (χ3n) is 5.31. The number of piperidine rings is 1. The molecule has 8 nitrogen and oxygen atoms in total. The number of hydrogen-bond acceptors (Lipinski definition) is 5. The molecule has 1 fully saturated rings. The number of benzene rings is 2. The van der Waals surface area contributed by atoms with E-state index in [1.807, 2.05) is 4.90 Å². The molecule has 0 saturated carbocycles. The number of carbonyl (C=O) groups excluding carboxylic acids is 3. The van der Waals surface area contributed by atoms with Gasteiger partial charge in [0, 0.05) is 24.2 Å². The Morgan fingerprint density at radius 1 is 0.970 bits per heavy atom. The van der Waals surface area contributed by atoms with E-state index in [0.29, 0.717) is 58.8 Å². The van der Waals surface area contributed by atoms with Crippen LogP contribution in [0.15, 0.2) is 36.4 Å². The SMILES string of the molecule is COc1ccc(NC(C)=O)cc1NC(=O)C1CCN(CC(=O)Nc2ccc(Cl)c(Cl)c2)CC1. The molecule has 2 aromatic carbocycles. The first-order chi connectivity index (χ1) is 15.7. The van der Waals surface area contributed by atoms with E-state index in [2.05, 4.69) is 16.0 Å². The maximum Gasteiger partial charge on any atom is 0.238 e. The van der Waals surface area contributed by atoms with Crippen LogP contribution in [0.4, 0.5) is 17.1 Å². The number of ether oxygens (including phenoxy) is 1. The summed E-state index contributed by atoms with van der Waals surface area (Å²) in [5, 5.41) is 9.21. The van der Waals surface area contributed by atoms with E-state index in [1.165, 1.54) is 14.0 Å². The number of likely N-dealkylation sites (tertiary alicyclic amines) is 1. The van der Waals surface area contributed by atoms with Crippen molar-refractivity contribution in [3.8, 4) is 5.75 Å². The minimum atomic E-state index is -0.201. The third-order valence-corrected chi connectivity index (χ3v) is 6.05. The van der Waals surface area contributed by atoms with Crippen LogP contribution in [0.1, 0.15) is 19.8 Å². The quantitative estimate of drug-likeness (QED) is 0.536. The second-order valence-electron chi connectivity index (χ2n) is 7.81. The zero-order valence-corrected chi connectivity index (χ0v) is 19.9. The lowest BCUT2D eigenvalue weighted by atomic mass is 9.95. The molecule has 3 rings (SSSR count). The van der Waals surface area contributed by atoms with Crippen molar-refractivity contribution in [1.29, 1.82) is 0 Å². The van der Waals surface area contributed by atoms with Crippen molar-refractivity contribution in [2.24, 2.45) is 5.92 Å². The second-order valence-corrected chi connectivity index (χ2v) is 8.63. The summed E-state index contributed by atoms with van der Waals surface area (Å²) in [6, 6.07) is 9.99. The zero-order valence-electron chi connectivity index (χ0n) is 18.4. The molecule has 3 amide bonds. The van der Waals surface area contributed by atoms with Crippen LogP contribution in [0, 0.1) is 5.92 Å². The highest BCUT2D eigenvalue weighted by Gasteiger charge is 2.26. The van der Waals surface area contributed by atoms with Crippen molar-refractivity contribution in [2.75, 3.05) is 42.7 Å². The van der Waals surface area contributed by atoms with Gasteiger partial charge >= 0.3 is 0 Å². The monoisotopic (exact) mass is 492 g/mol. The van der Waals surface area contributed by atoms with Gasteiger partial charge in [0.05, 0.1) is 29.4 Å². The Bertz CT molecular complexity index is 1040. The number of anilines is 3. The molecule has 1 heterocycles. The van der Waals surface area contributed by atoms with Crippen LogP contribution in [0.5, 0.6) is 5.75 Å². The van der Waals surface area contributed by atoms with E-state index in [9.17, 15) is 14.4 Å². The van der Waals surface area contributed by atoms with Gasteiger partial charge in [0.1, 0.15) is 5.75 Å². The molecular formula is C23H26Cl2N4O4. The summed E-state index contributed by atoms with van der Waals surface area (Å²) in [6.45, 7) is 2.88. The van der Waals surface area contributed by atoms with Gasteiger partial charge in [-0.3, -0.25) is 19.3 Å². The van der Waals surface area contributed by atoms with Gasteiger partial charge in [0.25, 0.3) is 0 Å². The van der Waals surface area contributed by atoms with Crippen LogP contribution in [0.2, 0.25) is 10.0 Å². The van der Waals surface area contributed by atoms with E-state index < -0.39 is 0 Å². The Kier molecular flexibility index (Phi) is 8.55. The molecule has 1 aliphatic heterocycles. The highest BCUT2D eigenvalue weighted by molar-refractivity contribution is 6.42. The number of rotatable bonds is 7. The minimum Gasteiger partial charge on any atom is -0.495 e. The smallest absolute Gasteiger partial charge is 0.238 e. The minimum absolute atomic E-state index is 0.117. The number of nitrogens with zero attached hydrogens (tertiary/aromatic N) is 1. The van der Waals surface area contributed by atoms with Crippen molar-refractivity contribution < 1.29 is 19.1 Å². The third kappa shape index (κ3) is 7.08. The second kappa shape index (κ2) is 11.4. The molecule has 0 bridgehead atoms. The van der Waals surface area contributed by atoms with Gasteiger partial charge in [-0.1, -0.05) is 23.2 Å². The van der Waals surface area contributed by atoms with E-state index in [4.69, 9.17) is 27.9 Å². The zero-order chi connectivity index (χ0) is 24.0. The van der Waals surface area contributed by atoms with Crippen LogP contribution < -0.4 is 20.7 Å². The van der Waals surface area contributed by atoms with E-state index >= 15 is 0 Å². The van der Waals surface area contributed by atoms with Gasteiger partial charge in [0.2, 0.25) is 17.7 Å². The largest absolute Gasteiger partial charge is 0.495 e. The van der Waals surface area contributed by atoms with Gasteiger partial charge in [-0.15, -0.1) is 0 Å². The lowest BCUT2D eigenvalue weighted by molar-refractivity contribution is -0.121. The normalized spacial score (nSPS) is 14.4. The lowest BCUT2D eigenvalue weighted by Crippen LogP contribution is -2.41. The maximum absolute atomic E-state index is 12.8. The number of carbonyl (C=O) groups is 3. The Balaban J connectivity index is 1.51. The first-order valence-electron chi connectivity index (χ1n) is 10.5. The average Bonchev–Trinajstić information content (AvgIpc) is 2.76. The molecule has 0 spiro atoms. The number of amides is 3. The molecule has 176 valence electrons. The molecule has 2 aromatic rings. The Hall–Kier alpha value is -2.81. The molecule has 0 unspecified atom stereocenters. The highest BCUT2D eigenvalue weighted by atomic mass is 35.5. The van der Waals surface area contributed by atoms with Crippen molar-refractivity contribution in [3.63, 3.8) is 0 Å². The molecule has 0 aromatic heterocycles. The molecule has 0 aliphatic carbocycles.